The van der Waals surface area contributed by atoms with E-state index in [0.29, 0.717) is 24.4 Å². The first kappa shape index (κ1) is 18.7. The van der Waals surface area contributed by atoms with E-state index < -0.39 is 0 Å². The second-order valence-electron chi connectivity index (χ2n) is 7.23. The molecule has 0 saturated heterocycles. The quantitative estimate of drug-likeness (QED) is 0.684. The summed E-state index contributed by atoms with van der Waals surface area (Å²) in [6.07, 6.45) is 2.80. The summed E-state index contributed by atoms with van der Waals surface area (Å²) in [6.45, 7) is 4.02. The van der Waals surface area contributed by atoms with E-state index in [1.54, 1.807) is 24.3 Å². The molecule has 3 aromatic rings. The van der Waals surface area contributed by atoms with Crippen molar-refractivity contribution in [2.75, 3.05) is 10.6 Å². The molecule has 0 bridgehead atoms. The summed E-state index contributed by atoms with van der Waals surface area (Å²) in [5, 5.41) is 6.87. The number of para-hydroxylation sites is 1. The van der Waals surface area contributed by atoms with Gasteiger partial charge in [-0.3, -0.25) is 9.59 Å². The van der Waals surface area contributed by atoms with Gasteiger partial charge in [-0.1, -0.05) is 32.0 Å². The largest absolute Gasteiger partial charge is 0.350 e. The lowest BCUT2D eigenvalue weighted by molar-refractivity contribution is -0.117. The van der Waals surface area contributed by atoms with Crippen LogP contribution in [0.4, 0.5) is 11.4 Å². The second kappa shape index (κ2) is 8.08. The van der Waals surface area contributed by atoms with Gasteiger partial charge in [-0.05, 0) is 41.8 Å². The highest BCUT2D eigenvalue weighted by Gasteiger charge is 2.11. The zero-order valence-corrected chi connectivity index (χ0v) is 16.0. The van der Waals surface area contributed by atoms with E-state index in [2.05, 4.69) is 10.6 Å². The van der Waals surface area contributed by atoms with Crippen molar-refractivity contribution in [2.45, 2.75) is 26.7 Å². The van der Waals surface area contributed by atoms with Crippen molar-refractivity contribution in [3.05, 3.63) is 60.3 Å². The van der Waals surface area contributed by atoms with Crippen LogP contribution in [0, 0.1) is 5.92 Å². The molecule has 0 fully saturated rings. The van der Waals surface area contributed by atoms with Gasteiger partial charge in [0.15, 0.2) is 0 Å². The van der Waals surface area contributed by atoms with E-state index in [1.165, 1.54) is 0 Å². The number of carbonyl (C=O) groups excluding carboxylic acids is 2. The predicted molar refractivity (Wildman–Crippen MR) is 110 cm³/mol. The molecule has 0 spiro atoms. The molecule has 0 aliphatic heterocycles. The maximum Gasteiger partial charge on any atom is 0.228 e. The summed E-state index contributed by atoms with van der Waals surface area (Å²) in [5.74, 6) is 0.248. The summed E-state index contributed by atoms with van der Waals surface area (Å²) < 4.78 is 2.03. The van der Waals surface area contributed by atoms with E-state index in [1.807, 2.05) is 55.9 Å². The third-order valence-corrected chi connectivity index (χ3v) is 4.38. The van der Waals surface area contributed by atoms with Crippen LogP contribution in [-0.2, 0) is 23.1 Å². The van der Waals surface area contributed by atoms with Crippen molar-refractivity contribution in [3.63, 3.8) is 0 Å². The fourth-order valence-corrected chi connectivity index (χ4v) is 3.16. The molecular weight excluding hydrogens is 338 g/mol. The summed E-state index contributed by atoms with van der Waals surface area (Å²) in [4.78, 5) is 24.2. The van der Waals surface area contributed by atoms with Gasteiger partial charge in [0.25, 0.3) is 0 Å². The minimum atomic E-state index is -0.0667. The lowest BCUT2D eigenvalue weighted by Crippen LogP contribution is -2.15. The van der Waals surface area contributed by atoms with Crippen LogP contribution in [0.25, 0.3) is 10.9 Å². The first-order chi connectivity index (χ1) is 12.9. The number of anilines is 2. The molecule has 5 nitrogen and oxygen atoms in total. The molecule has 0 atom stereocenters. The molecule has 5 heteroatoms. The van der Waals surface area contributed by atoms with Crippen LogP contribution in [0.5, 0.6) is 0 Å². The van der Waals surface area contributed by atoms with Crippen LogP contribution < -0.4 is 10.6 Å². The SMILES string of the molecule is CC(C)CC(=O)Nc1ccc(NC(=O)Cc2cn(C)c3ccccc23)cc1. The number of fused-ring (bicyclic) bond motifs is 1. The molecule has 0 radical (unpaired) electrons. The van der Waals surface area contributed by atoms with Gasteiger partial charge < -0.3 is 15.2 Å². The Morgan fingerprint density at radius 2 is 1.52 bits per heavy atom. The van der Waals surface area contributed by atoms with Crippen molar-refractivity contribution >= 4 is 34.1 Å². The number of amides is 2. The Balaban J connectivity index is 1.61. The van der Waals surface area contributed by atoms with Crippen LogP contribution in [0.2, 0.25) is 0 Å². The zero-order chi connectivity index (χ0) is 19.4. The van der Waals surface area contributed by atoms with Crippen LogP contribution in [0.15, 0.2) is 54.7 Å². The summed E-state index contributed by atoms with van der Waals surface area (Å²) in [6, 6.07) is 15.2. The molecule has 2 aromatic carbocycles. The Hall–Kier alpha value is -3.08. The van der Waals surface area contributed by atoms with Crippen LogP contribution in [-0.4, -0.2) is 16.4 Å². The lowest BCUT2D eigenvalue weighted by atomic mass is 10.1. The number of carbonyl (C=O) groups is 2. The van der Waals surface area contributed by atoms with Gasteiger partial charge in [-0.2, -0.15) is 0 Å². The molecular formula is C22H25N3O2. The van der Waals surface area contributed by atoms with Gasteiger partial charge in [0, 0.05) is 41.9 Å². The van der Waals surface area contributed by atoms with Gasteiger partial charge in [0.1, 0.15) is 0 Å². The van der Waals surface area contributed by atoms with E-state index in [-0.39, 0.29) is 11.8 Å². The Bertz CT molecular complexity index is 955. The maximum atomic E-state index is 12.4. The van der Waals surface area contributed by atoms with E-state index in [4.69, 9.17) is 0 Å². The number of rotatable bonds is 6. The number of aryl methyl sites for hydroxylation is 1. The smallest absolute Gasteiger partial charge is 0.228 e. The van der Waals surface area contributed by atoms with Gasteiger partial charge >= 0.3 is 0 Å². The summed E-state index contributed by atoms with van der Waals surface area (Å²) >= 11 is 0. The number of benzene rings is 2. The minimum absolute atomic E-state index is 0.00209. The normalized spacial score (nSPS) is 11.0. The molecule has 1 heterocycles. The van der Waals surface area contributed by atoms with Crippen molar-refractivity contribution in [1.29, 1.82) is 0 Å². The van der Waals surface area contributed by atoms with E-state index in [9.17, 15) is 9.59 Å². The van der Waals surface area contributed by atoms with Gasteiger partial charge in [0.05, 0.1) is 6.42 Å². The highest BCUT2D eigenvalue weighted by Crippen LogP contribution is 2.21. The maximum absolute atomic E-state index is 12.4. The van der Waals surface area contributed by atoms with Crippen molar-refractivity contribution < 1.29 is 9.59 Å². The van der Waals surface area contributed by atoms with E-state index >= 15 is 0 Å². The molecule has 27 heavy (non-hydrogen) atoms. The highest BCUT2D eigenvalue weighted by molar-refractivity contribution is 5.96. The predicted octanol–water partition coefficient (Wildman–Crippen LogP) is 4.34. The molecule has 1 aromatic heterocycles. The van der Waals surface area contributed by atoms with Gasteiger partial charge in [0.2, 0.25) is 11.8 Å². The number of nitrogens with zero attached hydrogens (tertiary/aromatic N) is 1. The number of hydrogen-bond acceptors (Lipinski definition) is 2. The first-order valence-corrected chi connectivity index (χ1v) is 9.15. The summed E-state index contributed by atoms with van der Waals surface area (Å²) in [7, 11) is 1.98. The number of hydrogen-bond donors (Lipinski definition) is 2. The fourth-order valence-electron chi connectivity index (χ4n) is 3.16. The molecule has 2 N–H and O–H groups in total. The molecule has 3 rings (SSSR count). The molecule has 2 amide bonds. The summed E-state index contributed by atoms with van der Waals surface area (Å²) in [5.41, 5.74) is 3.56. The third-order valence-electron chi connectivity index (χ3n) is 4.38. The zero-order valence-electron chi connectivity index (χ0n) is 16.0. The van der Waals surface area contributed by atoms with Gasteiger partial charge in [-0.15, -0.1) is 0 Å². The van der Waals surface area contributed by atoms with Crippen molar-refractivity contribution in [3.8, 4) is 0 Å². The van der Waals surface area contributed by atoms with Crippen molar-refractivity contribution in [1.82, 2.24) is 4.57 Å². The second-order valence-corrected chi connectivity index (χ2v) is 7.23. The molecule has 140 valence electrons. The Labute approximate surface area is 159 Å². The minimum Gasteiger partial charge on any atom is -0.350 e. The monoisotopic (exact) mass is 363 g/mol. The number of aromatic nitrogens is 1. The average molecular weight is 363 g/mol. The van der Waals surface area contributed by atoms with Crippen LogP contribution in [0.1, 0.15) is 25.8 Å². The average Bonchev–Trinajstić information content (AvgIpc) is 2.92. The molecule has 0 saturated carbocycles. The Kier molecular flexibility index (Phi) is 5.60. The topological polar surface area (TPSA) is 63.1 Å². The molecule has 0 aliphatic rings. The van der Waals surface area contributed by atoms with Crippen molar-refractivity contribution in [2.24, 2.45) is 13.0 Å². The Morgan fingerprint density at radius 1 is 0.926 bits per heavy atom. The van der Waals surface area contributed by atoms with Crippen LogP contribution >= 0.6 is 0 Å². The lowest BCUT2D eigenvalue weighted by Gasteiger charge is -2.09. The van der Waals surface area contributed by atoms with Gasteiger partial charge in [-0.25, -0.2) is 0 Å². The molecule has 0 aliphatic carbocycles. The molecule has 0 unspecified atom stereocenters. The van der Waals surface area contributed by atoms with E-state index in [0.717, 1.165) is 22.2 Å². The number of nitrogens with one attached hydrogen (secondary N) is 2. The van der Waals surface area contributed by atoms with Crippen LogP contribution in [0.3, 0.4) is 0 Å². The standard InChI is InChI=1S/C22H25N3O2/c1-15(2)12-21(26)23-17-8-10-18(11-9-17)24-22(27)13-16-14-25(3)20-7-5-4-6-19(16)20/h4-11,14-15H,12-13H2,1-3H3,(H,23,26)(H,24,27). The first-order valence-electron chi connectivity index (χ1n) is 9.15. The fraction of sp³-hybridized carbons (Fsp3) is 0.273. The third kappa shape index (κ3) is 4.76. The highest BCUT2D eigenvalue weighted by atomic mass is 16.2. The Morgan fingerprint density at radius 3 is 2.15 bits per heavy atom.